The van der Waals surface area contributed by atoms with Crippen molar-refractivity contribution in [2.75, 3.05) is 10.6 Å². The molecule has 2 amide bonds. The molecule has 0 aromatic heterocycles. The first-order valence-corrected chi connectivity index (χ1v) is 12.1. The number of rotatable bonds is 7. The summed E-state index contributed by atoms with van der Waals surface area (Å²) in [6.45, 7) is 0. The number of nitro benzene ring substituents is 1. The number of carboxylic acids is 1. The maximum atomic E-state index is 12.9. The number of carboxylic acid groups (broad SMARTS) is 1. The normalized spacial score (nSPS) is 10.6. The quantitative estimate of drug-likeness (QED) is 0.159. The fraction of sp³-hybridized carbons (Fsp3) is 0. The lowest BCUT2D eigenvalue weighted by molar-refractivity contribution is -0.384. The van der Waals surface area contributed by atoms with Crippen LogP contribution >= 0.6 is 0 Å². The van der Waals surface area contributed by atoms with Crippen LogP contribution in [0.2, 0.25) is 0 Å². The molecule has 0 saturated carbocycles. The number of benzene rings is 5. The van der Waals surface area contributed by atoms with Gasteiger partial charge in [-0.3, -0.25) is 19.7 Å². The summed E-state index contributed by atoms with van der Waals surface area (Å²) in [5.74, 6) is -1.75. The van der Waals surface area contributed by atoms with E-state index in [-0.39, 0.29) is 23.1 Å². The number of non-ortho nitro benzene ring substituents is 1. The van der Waals surface area contributed by atoms with Gasteiger partial charge in [0.15, 0.2) is 0 Å². The molecule has 5 rings (SSSR count). The Morgan fingerprint density at radius 1 is 0.625 bits per heavy atom. The van der Waals surface area contributed by atoms with E-state index >= 15 is 0 Å². The van der Waals surface area contributed by atoms with Gasteiger partial charge in [-0.1, -0.05) is 48.5 Å². The summed E-state index contributed by atoms with van der Waals surface area (Å²) in [6.07, 6.45) is 0. The highest BCUT2D eigenvalue weighted by Crippen LogP contribution is 2.28. The largest absolute Gasteiger partial charge is 0.478 e. The van der Waals surface area contributed by atoms with Crippen LogP contribution in [0.4, 0.5) is 17.1 Å². The molecule has 5 aromatic carbocycles. The molecule has 0 aliphatic heterocycles. The number of anilines is 2. The van der Waals surface area contributed by atoms with Gasteiger partial charge in [0.05, 0.1) is 10.5 Å². The van der Waals surface area contributed by atoms with Crippen LogP contribution in [0.15, 0.2) is 109 Å². The fourth-order valence-electron chi connectivity index (χ4n) is 4.29. The molecular weight excluding hydrogens is 510 g/mol. The van der Waals surface area contributed by atoms with Crippen molar-refractivity contribution in [2.24, 2.45) is 0 Å². The molecule has 5 aromatic rings. The molecule has 0 saturated heterocycles. The highest BCUT2D eigenvalue weighted by Gasteiger charge is 2.14. The van der Waals surface area contributed by atoms with Crippen LogP contribution in [0.25, 0.3) is 21.9 Å². The van der Waals surface area contributed by atoms with E-state index in [0.717, 1.165) is 11.1 Å². The number of hydrogen-bond acceptors (Lipinski definition) is 5. The number of carbonyl (C=O) groups is 3. The number of nitrogens with zero attached hydrogens (tertiary/aromatic N) is 1. The van der Waals surface area contributed by atoms with Crippen LogP contribution in [-0.4, -0.2) is 27.8 Å². The number of carbonyl (C=O) groups excluding carboxylic acids is 2. The summed E-state index contributed by atoms with van der Waals surface area (Å²) in [5.41, 5.74) is 3.61. The molecule has 0 unspecified atom stereocenters. The lowest BCUT2D eigenvalue weighted by Gasteiger charge is -2.11. The Morgan fingerprint density at radius 2 is 1.15 bits per heavy atom. The molecule has 40 heavy (non-hydrogen) atoms. The van der Waals surface area contributed by atoms with Crippen molar-refractivity contribution >= 4 is 45.6 Å². The summed E-state index contributed by atoms with van der Waals surface area (Å²) in [6, 6.07) is 29.6. The third-order valence-electron chi connectivity index (χ3n) is 6.37. The van der Waals surface area contributed by atoms with E-state index in [9.17, 15) is 29.6 Å². The monoisotopic (exact) mass is 531 g/mol. The van der Waals surface area contributed by atoms with Crippen molar-refractivity contribution in [1.82, 2.24) is 0 Å². The molecule has 0 heterocycles. The van der Waals surface area contributed by atoms with Crippen LogP contribution in [0.1, 0.15) is 31.1 Å². The Morgan fingerprint density at radius 3 is 1.73 bits per heavy atom. The first kappa shape index (κ1) is 25.8. The van der Waals surface area contributed by atoms with Crippen LogP contribution in [-0.2, 0) is 0 Å². The van der Waals surface area contributed by atoms with E-state index in [1.54, 1.807) is 54.6 Å². The van der Waals surface area contributed by atoms with Gasteiger partial charge in [-0.2, -0.15) is 0 Å². The van der Waals surface area contributed by atoms with Crippen molar-refractivity contribution < 1.29 is 24.4 Å². The predicted molar refractivity (Wildman–Crippen MR) is 152 cm³/mol. The number of hydrogen-bond donors (Lipinski definition) is 3. The van der Waals surface area contributed by atoms with Gasteiger partial charge >= 0.3 is 5.97 Å². The topological polar surface area (TPSA) is 139 Å². The summed E-state index contributed by atoms with van der Waals surface area (Å²) < 4.78 is 0. The molecule has 0 atom stereocenters. The lowest BCUT2D eigenvalue weighted by atomic mass is 10.0. The van der Waals surface area contributed by atoms with Gasteiger partial charge in [-0.25, -0.2) is 4.79 Å². The summed E-state index contributed by atoms with van der Waals surface area (Å²) in [5, 5.41) is 27.0. The first-order chi connectivity index (χ1) is 19.3. The molecule has 0 aliphatic rings. The summed E-state index contributed by atoms with van der Waals surface area (Å²) in [4.78, 5) is 47.2. The van der Waals surface area contributed by atoms with Crippen molar-refractivity contribution in [3.05, 3.63) is 136 Å². The lowest BCUT2D eigenvalue weighted by Crippen LogP contribution is -2.12. The SMILES string of the molecule is O=C(Nc1ccc(-c2ccc(C(=O)Nc3ccc(C(=O)O)c4ccccc34)cc2)cc1)c1ccc([N+](=O)[O-])cc1. The van der Waals surface area contributed by atoms with E-state index < -0.39 is 10.9 Å². The Balaban J connectivity index is 1.26. The molecular formula is C31H21N3O6. The first-order valence-electron chi connectivity index (χ1n) is 12.1. The van der Waals surface area contributed by atoms with Gasteiger partial charge in [0, 0.05) is 40.0 Å². The van der Waals surface area contributed by atoms with Crippen LogP contribution in [0, 0.1) is 10.1 Å². The van der Waals surface area contributed by atoms with E-state index in [0.29, 0.717) is 33.3 Å². The van der Waals surface area contributed by atoms with E-state index in [1.807, 2.05) is 24.3 Å². The molecule has 9 heteroatoms. The van der Waals surface area contributed by atoms with Gasteiger partial charge in [-0.05, 0) is 65.0 Å². The standard InChI is InChI=1S/C31H21N3O6/c35-29(22-11-15-24(16-12-22)34(39)40)32-23-13-9-20(10-14-23)19-5-7-21(8-6-19)30(36)33-28-18-17-27(31(37)38)25-3-1-2-4-26(25)28/h1-18H,(H,32,35)(H,33,36)(H,37,38). The molecule has 196 valence electrons. The molecule has 3 N–H and O–H groups in total. The van der Waals surface area contributed by atoms with Crippen LogP contribution in [0.5, 0.6) is 0 Å². The molecule has 0 spiro atoms. The van der Waals surface area contributed by atoms with Gasteiger partial charge in [0.1, 0.15) is 0 Å². The molecule has 0 bridgehead atoms. The predicted octanol–water partition coefficient (Wildman–Crippen LogP) is 6.62. The van der Waals surface area contributed by atoms with E-state index in [1.165, 1.54) is 30.3 Å². The van der Waals surface area contributed by atoms with Crippen molar-refractivity contribution in [1.29, 1.82) is 0 Å². The minimum absolute atomic E-state index is 0.0905. The number of nitro groups is 1. The number of nitrogens with one attached hydrogen (secondary N) is 2. The third kappa shape index (κ3) is 5.39. The fourth-order valence-corrected chi connectivity index (χ4v) is 4.29. The Kier molecular flexibility index (Phi) is 7.02. The highest BCUT2D eigenvalue weighted by atomic mass is 16.6. The Hall–Kier alpha value is -5.83. The second-order valence-electron chi connectivity index (χ2n) is 8.88. The van der Waals surface area contributed by atoms with E-state index in [4.69, 9.17) is 0 Å². The smallest absolute Gasteiger partial charge is 0.336 e. The summed E-state index contributed by atoms with van der Waals surface area (Å²) in [7, 11) is 0. The van der Waals surface area contributed by atoms with Gasteiger partial charge in [-0.15, -0.1) is 0 Å². The van der Waals surface area contributed by atoms with Crippen molar-refractivity contribution in [3.8, 4) is 11.1 Å². The minimum atomic E-state index is -1.04. The molecule has 0 radical (unpaired) electrons. The average Bonchev–Trinajstić information content (AvgIpc) is 2.97. The van der Waals surface area contributed by atoms with Crippen molar-refractivity contribution in [3.63, 3.8) is 0 Å². The Bertz CT molecular complexity index is 1760. The second-order valence-corrected chi connectivity index (χ2v) is 8.88. The summed E-state index contributed by atoms with van der Waals surface area (Å²) >= 11 is 0. The highest BCUT2D eigenvalue weighted by molar-refractivity contribution is 6.13. The second kappa shape index (κ2) is 10.9. The maximum Gasteiger partial charge on any atom is 0.336 e. The zero-order chi connectivity index (χ0) is 28.2. The van der Waals surface area contributed by atoms with Gasteiger partial charge in [0.2, 0.25) is 0 Å². The zero-order valence-corrected chi connectivity index (χ0v) is 20.8. The zero-order valence-electron chi connectivity index (χ0n) is 20.8. The third-order valence-corrected chi connectivity index (χ3v) is 6.37. The average molecular weight is 532 g/mol. The van der Waals surface area contributed by atoms with E-state index in [2.05, 4.69) is 10.6 Å². The molecule has 9 nitrogen and oxygen atoms in total. The number of fused-ring (bicyclic) bond motifs is 1. The maximum absolute atomic E-state index is 12.9. The minimum Gasteiger partial charge on any atom is -0.478 e. The molecule has 0 fully saturated rings. The number of amides is 2. The number of aromatic carboxylic acids is 1. The van der Waals surface area contributed by atoms with Crippen LogP contribution in [0.3, 0.4) is 0 Å². The Labute approximate surface area is 227 Å². The van der Waals surface area contributed by atoms with Crippen LogP contribution < -0.4 is 10.6 Å². The van der Waals surface area contributed by atoms with Gasteiger partial charge < -0.3 is 15.7 Å². The van der Waals surface area contributed by atoms with Gasteiger partial charge in [0.25, 0.3) is 17.5 Å². The van der Waals surface area contributed by atoms with Crippen molar-refractivity contribution in [2.45, 2.75) is 0 Å². The molecule has 0 aliphatic carbocycles.